The minimum Gasteiger partial charge on any atom is -0.483 e. The van der Waals surface area contributed by atoms with Crippen LogP contribution >= 0.6 is 0 Å². The number of carbonyl (C=O) groups excluding carboxylic acids is 2. The van der Waals surface area contributed by atoms with Gasteiger partial charge in [-0.3, -0.25) is 14.3 Å². The van der Waals surface area contributed by atoms with E-state index in [-0.39, 0.29) is 25.0 Å². The predicted molar refractivity (Wildman–Crippen MR) is 105 cm³/mol. The van der Waals surface area contributed by atoms with E-state index in [0.717, 1.165) is 22.5 Å². The molecule has 0 saturated heterocycles. The molecule has 7 nitrogen and oxygen atoms in total. The van der Waals surface area contributed by atoms with E-state index >= 15 is 0 Å². The summed E-state index contributed by atoms with van der Waals surface area (Å²) < 4.78 is 7.38. The number of nitrogens with zero attached hydrogens (tertiary/aromatic N) is 2. The van der Waals surface area contributed by atoms with Crippen LogP contribution in [0.1, 0.15) is 42.3 Å². The maximum atomic E-state index is 12.1. The van der Waals surface area contributed by atoms with Crippen LogP contribution in [-0.4, -0.2) is 34.7 Å². The van der Waals surface area contributed by atoms with Crippen LogP contribution in [0.4, 0.5) is 5.69 Å². The molecule has 2 amide bonds. The van der Waals surface area contributed by atoms with E-state index in [2.05, 4.69) is 29.6 Å². The summed E-state index contributed by atoms with van der Waals surface area (Å²) in [6.45, 7) is 9.56. The minimum atomic E-state index is -0.346. The summed E-state index contributed by atoms with van der Waals surface area (Å²) in [6.07, 6.45) is 0. The first kappa shape index (κ1) is 20.5. The van der Waals surface area contributed by atoms with Crippen molar-refractivity contribution in [2.45, 2.75) is 40.5 Å². The van der Waals surface area contributed by atoms with Crippen LogP contribution in [0, 0.1) is 20.8 Å². The second-order valence-electron chi connectivity index (χ2n) is 6.98. The van der Waals surface area contributed by atoms with Crippen molar-refractivity contribution < 1.29 is 14.3 Å². The Morgan fingerprint density at radius 3 is 2.48 bits per heavy atom. The second kappa shape index (κ2) is 8.70. The molecule has 0 aliphatic rings. The van der Waals surface area contributed by atoms with Crippen LogP contribution in [0.5, 0.6) is 5.75 Å². The number of carbonyl (C=O) groups is 2. The first-order valence-corrected chi connectivity index (χ1v) is 8.99. The summed E-state index contributed by atoms with van der Waals surface area (Å²) in [7, 11) is 1.81. The van der Waals surface area contributed by atoms with Gasteiger partial charge in [0.1, 0.15) is 5.75 Å². The molecule has 1 heterocycles. The number of hydrogen-bond donors (Lipinski definition) is 2. The molecule has 146 valence electrons. The van der Waals surface area contributed by atoms with E-state index in [1.54, 1.807) is 4.68 Å². The molecule has 0 radical (unpaired) electrons. The zero-order valence-electron chi connectivity index (χ0n) is 16.8. The van der Waals surface area contributed by atoms with Gasteiger partial charge in [-0.05, 0) is 43.9 Å². The fourth-order valence-electron chi connectivity index (χ4n) is 2.75. The number of hydrogen-bond acceptors (Lipinski definition) is 4. The Labute approximate surface area is 160 Å². The smallest absolute Gasteiger partial charge is 0.258 e. The summed E-state index contributed by atoms with van der Waals surface area (Å²) in [5.74, 6) is 0.341. The highest BCUT2D eigenvalue weighted by atomic mass is 16.5. The molecule has 0 fully saturated rings. The number of aryl methyl sites for hydroxylation is 3. The van der Waals surface area contributed by atoms with Gasteiger partial charge < -0.3 is 15.4 Å². The molecule has 2 rings (SSSR count). The van der Waals surface area contributed by atoms with E-state index in [9.17, 15) is 9.59 Å². The number of nitrogens with one attached hydrogen (secondary N) is 2. The minimum absolute atomic E-state index is 0.124. The zero-order chi connectivity index (χ0) is 20.1. The third kappa shape index (κ3) is 5.32. The fraction of sp³-hybridized carbons (Fsp3) is 0.450. The van der Waals surface area contributed by atoms with Gasteiger partial charge in [-0.25, -0.2) is 0 Å². The predicted octanol–water partition coefficient (Wildman–Crippen LogP) is 2.60. The molecule has 27 heavy (non-hydrogen) atoms. The van der Waals surface area contributed by atoms with Gasteiger partial charge >= 0.3 is 0 Å². The third-order valence-corrected chi connectivity index (χ3v) is 4.37. The highest BCUT2D eigenvalue weighted by molar-refractivity contribution is 5.95. The number of aromatic nitrogens is 2. The Balaban J connectivity index is 1.86. The van der Waals surface area contributed by atoms with Gasteiger partial charge in [0, 0.05) is 7.05 Å². The van der Waals surface area contributed by atoms with E-state index in [1.165, 1.54) is 0 Å². The first-order valence-electron chi connectivity index (χ1n) is 8.99. The maximum absolute atomic E-state index is 12.1. The Morgan fingerprint density at radius 1 is 1.19 bits per heavy atom. The molecule has 2 aromatic rings. The number of ether oxygens (including phenoxy) is 1. The van der Waals surface area contributed by atoms with Crippen molar-refractivity contribution in [2.75, 3.05) is 18.5 Å². The SMILES string of the molecule is Cc1ccc(C(C)C)c(OCC(=O)NCC(=O)Nc2c(C)nn(C)c2C)c1. The Morgan fingerprint density at radius 2 is 1.89 bits per heavy atom. The molecule has 0 unspecified atom stereocenters. The molecule has 0 saturated carbocycles. The molecular weight excluding hydrogens is 344 g/mol. The molecular formula is C20H28N4O3. The molecule has 0 atom stereocenters. The van der Waals surface area contributed by atoms with Gasteiger partial charge in [-0.1, -0.05) is 26.0 Å². The van der Waals surface area contributed by atoms with Crippen molar-refractivity contribution in [1.29, 1.82) is 0 Å². The van der Waals surface area contributed by atoms with Crippen LogP contribution < -0.4 is 15.4 Å². The van der Waals surface area contributed by atoms with Gasteiger partial charge in [-0.15, -0.1) is 0 Å². The fourth-order valence-corrected chi connectivity index (χ4v) is 2.75. The van der Waals surface area contributed by atoms with Crippen LogP contribution in [0.15, 0.2) is 18.2 Å². The van der Waals surface area contributed by atoms with Gasteiger partial charge in [-0.2, -0.15) is 5.10 Å². The molecule has 0 aliphatic heterocycles. The van der Waals surface area contributed by atoms with Crippen molar-refractivity contribution in [3.8, 4) is 5.75 Å². The summed E-state index contributed by atoms with van der Waals surface area (Å²) in [5, 5.41) is 9.61. The topological polar surface area (TPSA) is 85.2 Å². The highest BCUT2D eigenvalue weighted by Gasteiger charge is 2.14. The summed E-state index contributed by atoms with van der Waals surface area (Å²) in [5.41, 5.74) is 4.38. The average Bonchev–Trinajstić information content (AvgIpc) is 2.84. The monoisotopic (exact) mass is 372 g/mol. The van der Waals surface area contributed by atoms with E-state index in [4.69, 9.17) is 4.74 Å². The number of amides is 2. The standard InChI is InChI=1S/C20H28N4O3/c1-12(2)16-8-7-13(3)9-17(16)27-11-19(26)21-10-18(25)22-20-14(4)23-24(6)15(20)5/h7-9,12H,10-11H2,1-6H3,(H,21,26)(H,22,25). The van der Waals surface area contributed by atoms with Crippen LogP contribution in [0.3, 0.4) is 0 Å². The summed E-state index contributed by atoms with van der Waals surface area (Å²) >= 11 is 0. The molecule has 1 aromatic carbocycles. The number of anilines is 1. The normalized spacial score (nSPS) is 10.8. The molecule has 1 aromatic heterocycles. The summed E-state index contributed by atoms with van der Waals surface area (Å²) in [6, 6.07) is 5.96. The Kier molecular flexibility index (Phi) is 6.60. The van der Waals surface area contributed by atoms with E-state index < -0.39 is 0 Å². The van der Waals surface area contributed by atoms with Gasteiger partial charge in [0.05, 0.1) is 23.6 Å². The van der Waals surface area contributed by atoms with Crippen molar-refractivity contribution in [1.82, 2.24) is 15.1 Å². The molecule has 0 bridgehead atoms. The van der Waals surface area contributed by atoms with Gasteiger partial charge in [0.15, 0.2) is 6.61 Å². The quantitative estimate of drug-likeness (QED) is 0.782. The van der Waals surface area contributed by atoms with Gasteiger partial charge in [0.2, 0.25) is 5.91 Å². The van der Waals surface area contributed by atoms with Gasteiger partial charge in [0.25, 0.3) is 5.91 Å². The van der Waals surface area contributed by atoms with Crippen LogP contribution in [0.25, 0.3) is 0 Å². The van der Waals surface area contributed by atoms with Crippen LogP contribution in [-0.2, 0) is 16.6 Å². The molecule has 0 aliphatic carbocycles. The lowest BCUT2D eigenvalue weighted by Crippen LogP contribution is -2.36. The van der Waals surface area contributed by atoms with Crippen molar-refractivity contribution in [3.63, 3.8) is 0 Å². The van der Waals surface area contributed by atoms with E-state index in [1.807, 2.05) is 46.0 Å². The lowest BCUT2D eigenvalue weighted by molar-refractivity contribution is -0.125. The van der Waals surface area contributed by atoms with Crippen molar-refractivity contribution in [2.24, 2.45) is 7.05 Å². The third-order valence-electron chi connectivity index (χ3n) is 4.37. The van der Waals surface area contributed by atoms with Crippen molar-refractivity contribution in [3.05, 3.63) is 40.7 Å². The largest absolute Gasteiger partial charge is 0.483 e. The molecule has 0 spiro atoms. The second-order valence-corrected chi connectivity index (χ2v) is 6.98. The first-order chi connectivity index (χ1) is 12.7. The average molecular weight is 372 g/mol. The lowest BCUT2D eigenvalue weighted by atomic mass is 10.0. The van der Waals surface area contributed by atoms with E-state index in [0.29, 0.717) is 17.4 Å². The number of rotatable bonds is 7. The summed E-state index contributed by atoms with van der Waals surface area (Å²) in [4.78, 5) is 24.1. The molecule has 2 N–H and O–H groups in total. The Hall–Kier alpha value is -2.83. The Bertz CT molecular complexity index is 840. The van der Waals surface area contributed by atoms with Crippen molar-refractivity contribution >= 4 is 17.5 Å². The number of benzene rings is 1. The zero-order valence-corrected chi connectivity index (χ0v) is 16.8. The lowest BCUT2D eigenvalue weighted by Gasteiger charge is -2.14. The van der Waals surface area contributed by atoms with Crippen LogP contribution in [0.2, 0.25) is 0 Å². The molecule has 7 heteroatoms. The highest BCUT2D eigenvalue weighted by Crippen LogP contribution is 2.27. The maximum Gasteiger partial charge on any atom is 0.258 e.